The molecule has 4 aliphatic rings. The number of halogens is 2. The zero-order chi connectivity index (χ0) is 36.9. The lowest BCUT2D eigenvalue weighted by molar-refractivity contribution is -0.277. The Hall–Kier alpha value is -4.35. The number of pyridine rings is 1. The molecule has 2 aromatic carbocycles. The van der Waals surface area contributed by atoms with E-state index in [4.69, 9.17) is 40.1 Å². The van der Waals surface area contributed by atoms with E-state index < -0.39 is 17.4 Å². The summed E-state index contributed by atoms with van der Waals surface area (Å²) in [6.07, 6.45) is 13.4. The molecule has 2 aromatic heterocycles. The summed E-state index contributed by atoms with van der Waals surface area (Å²) in [4.78, 5) is 18.9. The van der Waals surface area contributed by atoms with E-state index in [0.29, 0.717) is 56.2 Å². The van der Waals surface area contributed by atoms with Gasteiger partial charge in [0.25, 0.3) is 0 Å². The van der Waals surface area contributed by atoms with Crippen LogP contribution in [0.2, 0.25) is 0 Å². The number of fused-ring (bicyclic) bond motifs is 3. The van der Waals surface area contributed by atoms with E-state index in [-0.39, 0.29) is 56.2 Å². The monoisotopic (exact) mass is 729 g/mol. The van der Waals surface area contributed by atoms with Crippen molar-refractivity contribution in [2.45, 2.75) is 69.2 Å². The maximum atomic E-state index is 17.2. The Morgan fingerprint density at radius 3 is 2.57 bits per heavy atom. The molecule has 53 heavy (non-hydrogen) atoms. The third-order valence-corrected chi connectivity index (χ3v) is 12.0. The van der Waals surface area contributed by atoms with Gasteiger partial charge in [0, 0.05) is 75.2 Å². The molecule has 2 saturated carbocycles. The predicted octanol–water partition coefficient (Wildman–Crippen LogP) is 6.21. The Morgan fingerprint density at radius 1 is 0.981 bits per heavy atom. The highest BCUT2D eigenvalue weighted by Crippen LogP contribution is 2.52. The van der Waals surface area contributed by atoms with E-state index in [9.17, 15) is 5.11 Å². The average molecular weight is 730 g/mol. The van der Waals surface area contributed by atoms with E-state index >= 15 is 8.78 Å². The van der Waals surface area contributed by atoms with Crippen LogP contribution >= 0.6 is 0 Å². The normalized spacial score (nSPS) is 23.4. The number of methoxy groups -OCH3 is 3. The van der Waals surface area contributed by atoms with Crippen LogP contribution in [0.4, 0.5) is 14.6 Å². The quantitative estimate of drug-likeness (QED) is 0.157. The molecule has 2 saturated heterocycles. The number of phenols is 1. The number of anilines is 1. The van der Waals surface area contributed by atoms with E-state index in [1.165, 1.54) is 31.4 Å². The van der Waals surface area contributed by atoms with Gasteiger partial charge < -0.3 is 33.7 Å². The third-order valence-electron chi connectivity index (χ3n) is 12.0. The summed E-state index contributed by atoms with van der Waals surface area (Å²) in [7, 11) is 4.85. The smallest absolute Gasteiger partial charge is 0.319 e. The number of likely N-dealkylation sites (tertiary alicyclic amines) is 1. The fraction of sp³-hybridized carbons (Fsp3) is 0.525. The Morgan fingerprint density at radius 2 is 1.79 bits per heavy atom. The lowest BCUT2D eigenvalue weighted by Crippen LogP contribution is -2.63. The van der Waals surface area contributed by atoms with Gasteiger partial charge in [-0.2, -0.15) is 9.97 Å². The number of benzene rings is 2. The molecule has 280 valence electrons. The number of rotatable bonds is 9. The summed E-state index contributed by atoms with van der Waals surface area (Å²) in [5.41, 5.74) is -0.343. The molecule has 13 heteroatoms. The zero-order valence-corrected chi connectivity index (χ0v) is 30.4. The van der Waals surface area contributed by atoms with Gasteiger partial charge in [-0.25, -0.2) is 13.8 Å². The van der Waals surface area contributed by atoms with E-state index in [1.54, 1.807) is 14.2 Å². The van der Waals surface area contributed by atoms with Gasteiger partial charge in [0.05, 0.1) is 25.9 Å². The van der Waals surface area contributed by atoms with Crippen molar-refractivity contribution < 1.29 is 37.6 Å². The largest absolute Gasteiger partial charge is 0.508 e. The number of piperidine rings is 1. The lowest BCUT2D eigenvalue weighted by Gasteiger charge is -2.56. The van der Waals surface area contributed by atoms with Crippen LogP contribution in [-0.2, 0) is 14.2 Å². The van der Waals surface area contributed by atoms with Crippen molar-refractivity contribution >= 4 is 27.5 Å². The summed E-state index contributed by atoms with van der Waals surface area (Å²) >= 11 is 0. The Balaban J connectivity index is 1.22. The zero-order valence-electron chi connectivity index (χ0n) is 30.4. The van der Waals surface area contributed by atoms with Crippen LogP contribution < -0.4 is 14.4 Å². The summed E-state index contributed by atoms with van der Waals surface area (Å²) in [6, 6.07) is 6.22. The molecular weight excluding hydrogens is 684 g/mol. The van der Waals surface area contributed by atoms with Gasteiger partial charge in [0.15, 0.2) is 11.6 Å². The number of terminal acetylenes is 1. The first-order valence-corrected chi connectivity index (χ1v) is 18.4. The Labute approximate surface area is 307 Å². The predicted molar refractivity (Wildman–Crippen MR) is 195 cm³/mol. The van der Waals surface area contributed by atoms with Crippen molar-refractivity contribution in [1.82, 2.24) is 19.9 Å². The summed E-state index contributed by atoms with van der Waals surface area (Å²) in [6.45, 7) is 3.56. The van der Waals surface area contributed by atoms with Crippen molar-refractivity contribution in [1.29, 1.82) is 0 Å². The first-order valence-electron chi connectivity index (χ1n) is 18.4. The van der Waals surface area contributed by atoms with Crippen molar-refractivity contribution in [2.24, 2.45) is 5.41 Å². The number of aromatic hydroxyl groups is 1. The second-order valence-corrected chi connectivity index (χ2v) is 14.7. The minimum absolute atomic E-state index is 0.0467. The molecule has 4 fully saturated rings. The first-order chi connectivity index (χ1) is 25.7. The van der Waals surface area contributed by atoms with Gasteiger partial charge in [0.1, 0.15) is 34.0 Å². The molecule has 2 atom stereocenters. The van der Waals surface area contributed by atoms with Gasteiger partial charge in [-0.15, -0.1) is 6.42 Å². The molecular formula is C40H45F2N5O6. The maximum Gasteiger partial charge on any atom is 0.319 e. The topological polar surface area (TPSA) is 112 Å². The van der Waals surface area contributed by atoms with Crippen LogP contribution in [-0.4, -0.2) is 104 Å². The molecule has 8 rings (SSSR count). The summed E-state index contributed by atoms with van der Waals surface area (Å²) in [5.74, 6) is 0.758. The second kappa shape index (κ2) is 14.1. The standard InChI is InChI=1S/C40H45F2N5O6/c1-5-27-29(41)11-10-24-19-26(48)20-28(31(24)27)34-33(42)35-32(37(43-34)49-2)36(46-14-8-17-52-18-16-46)45-38(44-35)53-23-39-12-6-9-30(39)47(15-7-13-39)25-21-40(22-25,50-3)51-4/h1,10-11,19-20,25,30,48H,6-9,12-18,21-23H2,2-4H3/t30-,39-/m1/s1. The van der Waals surface area contributed by atoms with Crippen LogP contribution in [0.15, 0.2) is 24.3 Å². The van der Waals surface area contributed by atoms with Crippen molar-refractivity contribution in [3.63, 3.8) is 0 Å². The van der Waals surface area contributed by atoms with Gasteiger partial charge in [-0.3, -0.25) is 4.90 Å². The van der Waals surface area contributed by atoms with Gasteiger partial charge in [0.2, 0.25) is 5.88 Å². The number of hydrogen-bond acceptors (Lipinski definition) is 11. The summed E-state index contributed by atoms with van der Waals surface area (Å²) < 4.78 is 61.8. The average Bonchev–Trinajstić information content (AvgIpc) is 3.40. The number of ether oxygens (including phenoxy) is 5. The van der Waals surface area contributed by atoms with Crippen LogP contribution in [0.3, 0.4) is 0 Å². The fourth-order valence-corrected chi connectivity index (χ4v) is 9.33. The first kappa shape index (κ1) is 35.7. The molecule has 0 unspecified atom stereocenters. The van der Waals surface area contributed by atoms with Gasteiger partial charge in [-0.1, -0.05) is 18.4 Å². The van der Waals surface area contributed by atoms with E-state index in [1.807, 2.05) is 4.90 Å². The van der Waals surface area contributed by atoms with Crippen LogP contribution in [0.1, 0.15) is 56.9 Å². The highest BCUT2D eigenvalue weighted by Gasteiger charge is 2.55. The molecule has 11 nitrogen and oxygen atoms in total. The summed E-state index contributed by atoms with van der Waals surface area (Å²) in [5, 5.41) is 11.6. The van der Waals surface area contributed by atoms with Gasteiger partial charge in [-0.05, 0) is 62.2 Å². The maximum absolute atomic E-state index is 17.2. The molecule has 2 aliphatic heterocycles. The molecule has 1 N–H and O–H groups in total. The Kier molecular flexibility index (Phi) is 9.51. The van der Waals surface area contributed by atoms with Crippen molar-refractivity contribution in [3.05, 3.63) is 41.5 Å². The van der Waals surface area contributed by atoms with Crippen molar-refractivity contribution in [2.75, 3.05) is 65.7 Å². The number of hydrogen-bond donors (Lipinski definition) is 1. The number of phenolic OH excluding ortho intramolecular Hbond substituents is 1. The number of nitrogens with zero attached hydrogens (tertiary/aromatic N) is 5. The molecule has 4 heterocycles. The van der Waals surface area contributed by atoms with Crippen LogP contribution in [0.5, 0.6) is 17.6 Å². The molecule has 0 amide bonds. The minimum atomic E-state index is -0.801. The Bertz CT molecular complexity index is 2070. The third kappa shape index (κ3) is 6.09. The van der Waals surface area contributed by atoms with Crippen LogP contribution in [0.25, 0.3) is 32.9 Å². The highest BCUT2D eigenvalue weighted by atomic mass is 19.1. The molecule has 4 aromatic rings. The second-order valence-electron chi connectivity index (χ2n) is 14.7. The SMILES string of the molecule is C#Cc1c(F)ccc2cc(O)cc(-c3nc(OC)c4c(N5CCCOCC5)nc(OC[C@]56CCC[C@H]5N(C5CC(OC)(OC)C5)CCC6)nc4c3F)c12. The van der Waals surface area contributed by atoms with E-state index in [0.717, 1.165) is 57.9 Å². The minimum Gasteiger partial charge on any atom is -0.508 e. The van der Waals surface area contributed by atoms with Crippen LogP contribution in [0, 0.1) is 29.4 Å². The van der Waals surface area contributed by atoms with Gasteiger partial charge >= 0.3 is 6.01 Å². The number of aromatic nitrogens is 3. The van der Waals surface area contributed by atoms with Crippen molar-refractivity contribution in [3.8, 4) is 41.2 Å². The molecule has 0 bridgehead atoms. The molecule has 2 aliphatic carbocycles. The molecule has 0 radical (unpaired) electrons. The highest BCUT2D eigenvalue weighted by molar-refractivity contribution is 6.04. The van der Waals surface area contributed by atoms with E-state index in [2.05, 4.69) is 15.8 Å². The lowest BCUT2D eigenvalue weighted by atomic mass is 9.72. The molecule has 0 spiro atoms. The fourth-order valence-electron chi connectivity index (χ4n) is 9.33.